The van der Waals surface area contributed by atoms with Gasteiger partial charge in [-0.25, -0.2) is 4.98 Å². The summed E-state index contributed by atoms with van der Waals surface area (Å²) in [5.41, 5.74) is 6.67. The van der Waals surface area contributed by atoms with Gasteiger partial charge in [0.2, 0.25) is 0 Å². The van der Waals surface area contributed by atoms with Gasteiger partial charge in [-0.15, -0.1) is 0 Å². The van der Waals surface area contributed by atoms with Crippen LogP contribution in [0.3, 0.4) is 0 Å². The van der Waals surface area contributed by atoms with Gasteiger partial charge < -0.3 is 4.90 Å². The van der Waals surface area contributed by atoms with Crippen LogP contribution < -0.4 is 10.5 Å². The van der Waals surface area contributed by atoms with Gasteiger partial charge in [0.25, 0.3) is 5.56 Å². The Morgan fingerprint density at radius 1 is 0.469 bits per heavy atom. The highest BCUT2D eigenvalue weighted by Gasteiger charge is 2.19. The predicted octanol–water partition coefficient (Wildman–Crippen LogP) is 11.7. The third-order valence-electron chi connectivity index (χ3n) is 9.58. The van der Waals surface area contributed by atoms with Crippen LogP contribution in [0.1, 0.15) is 0 Å². The van der Waals surface area contributed by atoms with Gasteiger partial charge in [0.1, 0.15) is 0 Å². The monoisotopic (exact) mass is 645 g/mol. The van der Waals surface area contributed by atoms with Gasteiger partial charge in [0.05, 0.1) is 21.1 Å². The van der Waals surface area contributed by atoms with Gasteiger partial charge >= 0.3 is 0 Å². The molecule has 5 heteroatoms. The van der Waals surface area contributed by atoms with E-state index in [0.29, 0.717) is 15.9 Å². The van der Waals surface area contributed by atoms with Crippen LogP contribution in [0.4, 0.5) is 17.1 Å². The van der Waals surface area contributed by atoms with Gasteiger partial charge in [0.15, 0.2) is 4.96 Å². The second-order valence-electron chi connectivity index (χ2n) is 12.4. The first-order valence-electron chi connectivity index (χ1n) is 16.3. The predicted molar refractivity (Wildman–Crippen MR) is 207 cm³/mol. The lowest BCUT2D eigenvalue weighted by molar-refractivity contribution is 1.16. The molecule has 0 spiro atoms. The Morgan fingerprint density at radius 2 is 1.04 bits per heavy atom. The number of fused-ring (bicyclic) bond motifs is 10. The molecular formula is C44H27N3OS. The molecule has 0 fully saturated rings. The highest BCUT2D eigenvalue weighted by atomic mass is 32.1. The van der Waals surface area contributed by atoms with Crippen LogP contribution in [-0.4, -0.2) is 9.38 Å². The van der Waals surface area contributed by atoms with E-state index in [4.69, 9.17) is 4.98 Å². The second kappa shape index (κ2) is 10.9. The largest absolute Gasteiger partial charge is 0.310 e. The van der Waals surface area contributed by atoms with Crippen LogP contribution in [0, 0.1) is 0 Å². The van der Waals surface area contributed by atoms with E-state index < -0.39 is 0 Å². The van der Waals surface area contributed by atoms with E-state index in [2.05, 4.69) is 126 Å². The molecule has 230 valence electrons. The molecule has 8 aromatic carbocycles. The van der Waals surface area contributed by atoms with Crippen molar-refractivity contribution in [3.8, 4) is 11.1 Å². The smallest absolute Gasteiger partial charge is 0.266 e. The summed E-state index contributed by atoms with van der Waals surface area (Å²) in [5.74, 6) is 0. The highest BCUT2D eigenvalue weighted by Crippen LogP contribution is 2.42. The van der Waals surface area contributed by atoms with Crippen LogP contribution in [-0.2, 0) is 0 Å². The zero-order valence-electron chi connectivity index (χ0n) is 26.2. The standard InChI is InChI=1S/C44H27N3OS/c48-43-39-27-32(22-24-40(39)45-44-47(43)41-19-8-9-20-42(41)49-44)46(30-14-10-13-29(25-30)28-11-2-1-3-12-28)31-21-23-37-35-17-5-4-15-33(35)34-16-6-7-18-36(34)38(37)26-31/h1-27H. The maximum atomic E-state index is 14.2. The number of hydrogen-bond donors (Lipinski definition) is 0. The van der Waals surface area contributed by atoms with Crippen molar-refractivity contribution >= 4 is 86.8 Å². The van der Waals surface area contributed by atoms with Crippen LogP contribution in [0.2, 0.25) is 0 Å². The molecule has 10 rings (SSSR count). The third-order valence-corrected chi connectivity index (χ3v) is 10.6. The fraction of sp³-hybridized carbons (Fsp3) is 0. The number of benzene rings is 8. The van der Waals surface area contributed by atoms with Gasteiger partial charge in [-0.1, -0.05) is 121 Å². The first-order valence-corrected chi connectivity index (χ1v) is 17.2. The van der Waals surface area contributed by atoms with Crippen molar-refractivity contribution in [1.82, 2.24) is 9.38 Å². The van der Waals surface area contributed by atoms with E-state index in [0.717, 1.165) is 38.4 Å². The van der Waals surface area contributed by atoms with Crippen molar-refractivity contribution in [3.05, 3.63) is 174 Å². The lowest BCUT2D eigenvalue weighted by Crippen LogP contribution is -2.15. The molecule has 0 bridgehead atoms. The summed E-state index contributed by atoms with van der Waals surface area (Å²) in [6.07, 6.45) is 0. The van der Waals surface area contributed by atoms with E-state index in [1.807, 2.05) is 42.5 Å². The number of aromatic nitrogens is 2. The minimum Gasteiger partial charge on any atom is -0.310 e. The molecule has 0 N–H and O–H groups in total. The van der Waals surface area contributed by atoms with Crippen molar-refractivity contribution in [2.45, 2.75) is 0 Å². The van der Waals surface area contributed by atoms with Crippen LogP contribution in [0.15, 0.2) is 169 Å². The number of thiazole rings is 1. The summed E-state index contributed by atoms with van der Waals surface area (Å²) in [6.45, 7) is 0. The maximum absolute atomic E-state index is 14.2. The van der Waals surface area contributed by atoms with Crippen molar-refractivity contribution in [2.24, 2.45) is 0 Å². The molecule has 10 aromatic rings. The van der Waals surface area contributed by atoms with E-state index in [1.54, 1.807) is 4.40 Å². The van der Waals surface area contributed by atoms with Crippen LogP contribution >= 0.6 is 11.3 Å². The molecule has 2 heterocycles. The lowest BCUT2D eigenvalue weighted by Gasteiger charge is -2.27. The number of rotatable bonds is 4. The van der Waals surface area contributed by atoms with Crippen molar-refractivity contribution in [1.29, 1.82) is 0 Å². The molecule has 0 amide bonds. The Balaban J connectivity index is 1.25. The fourth-order valence-electron chi connectivity index (χ4n) is 7.34. The molecule has 4 nitrogen and oxygen atoms in total. The third kappa shape index (κ3) is 4.37. The summed E-state index contributed by atoms with van der Waals surface area (Å²) in [7, 11) is 0. The highest BCUT2D eigenvalue weighted by molar-refractivity contribution is 7.23. The molecule has 0 saturated carbocycles. The van der Waals surface area contributed by atoms with E-state index in [1.165, 1.54) is 43.7 Å². The second-order valence-corrected chi connectivity index (χ2v) is 13.4. The van der Waals surface area contributed by atoms with Crippen LogP contribution in [0.5, 0.6) is 0 Å². The summed E-state index contributed by atoms with van der Waals surface area (Å²) in [5, 5.41) is 7.91. The van der Waals surface area contributed by atoms with Crippen LogP contribution in [0.25, 0.3) is 69.5 Å². The van der Waals surface area contributed by atoms with Crippen molar-refractivity contribution in [2.75, 3.05) is 4.90 Å². The normalized spacial score (nSPS) is 11.8. The number of hydrogen-bond acceptors (Lipinski definition) is 4. The Bertz CT molecular complexity index is 2950. The lowest BCUT2D eigenvalue weighted by atomic mass is 9.94. The van der Waals surface area contributed by atoms with Crippen molar-refractivity contribution < 1.29 is 0 Å². The topological polar surface area (TPSA) is 37.6 Å². The van der Waals surface area contributed by atoms with E-state index in [-0.39, 0.29) is 5.56 Å². The molecule has 2 aromatic heterocycles. The Morgan fingerprint density at radius 3 is 1.80 bits per heavy atom. The molecule has 49 heavy (non-hydrogen) atoms. The first kappa shape index (κ1) is 27.8. The molecule has 0 atom stereocenters. The summed E-state index contributed by atoms with van der Waals surface area (Å²) in [4.78, 5) is 22.1. The molecule has 0 radical (unpaired) electrons. The van der Waals surface area contributed by atoms with Gasteiger partial charge in [-0.05, 0) is 98.0 Å². The summed E-state index contributed by atoms with van der Waals surface area (Å²) >= 11 is 1.54. The number of para-hydroxylation sites is 1. The maximum Gasteiger partial charge on any atom is 0.266 e. The zero-order valence-corrected chi connectivity index (χ0v) is 27.1. The van der Waals surface area contributed by atoms with Gasteiger partial charge in [-0.3, -0.25) is 9.20 Å². The Kier molecular flexibility index (Phi) is 6.16. The Hall–Kier alpha value is -6.30. The molecule has 0 saturated heterocycles. The summed E-state index contributed by atoms with van der Waals surface area (Å²) < 4.78 is 2.79. The van der Waals surface area contributed by atoms with Crippen molar-refractivity contribution in [3.63, 3.8) is 0 Å². The molecule has 0 aliphatic rings. The number of nitrogens with zero attached hydrogens (tertiary/aromatic N) is 3. The quantitative estimate of drug-likeness (QED) is 0.179. The minimum atomic E-state index is -0.0618. The Labute approximate surface area is 285 Å². The first-order chi connectivity index (χ1) is 24.2. The SMILES string of the molecule is O=c1c2cc(N(c3cccc(-c4ccccc4)c3)c3ccc4c5ccccc5c5ccccc5c4c3)ccc2nc2sc3ccccc3n12. The summed E-state index contributed by atoms with van der Waals surface area (Å²) in [6, 6.07) is 57.1. The average Bonchev–Trinajstić information content (AvgIpc) is 3.54. The van der Waals surface area contributed by atoms with Gasteiger partial charge in [0, 0.05) is 17.1 Å². The average molecular weight is 646 g/mol. The zero-order chi connectivity index (χ0) is 32.5. The fourth-order valence-corrected chi connectivity index (χ4v) is 8.36. The van der Waals surface area contributed by atoms with E-state index in [9.17, 15) is 4.79 Å². The van der Waals surface area contributed by atoms with Gasteiger partial charge in [-0.2, -0.15) is 0 Å². The minimum absolute atomic E-state index is 0.0618. The molecule has 0 aliphatic heterocycles. The number of anilines is 3. The van der Waals surface area contributed by atoms with E-state index >= 15 is 0 Å². The molecule has 0 unspecified atom stereocenters. The molecule has 0 aliphatic carbocycles. The molecular weight excluding hydrogens is 619 g/mol.